The molecular weight excluding hydrogens is 664 g/mol. The Morgan fingerprint density at radius 1 is 0.788 bits per heavy atom. The molecule has 0 spiro atoms. The molecule has 0 unspecified atom stereocenters. The molecule has 4 saturated heterocycles. The fourth-order valence-electron chi connectivity index (χ4n) is 9.16. The molecule has 4 aliphatic heterocycles. The first-order valence-corrected chi connectivity index (χ1v) is 19.9. The highest BCUT2D eigenvalue weighted by Crippen LogP contribution is 2.44. The quantitative estimate of drug-likeness (QED) is 0.186. The molecule has 298 valence electrons. The number of hydrogen-bond donors (Lipinski definition) is 0. The Labute approximate surface area is 314 Å². The molecule has 1 aromatic rings. The van der Waals surface area contributed by atoms with Crippen molar-refractivity contribution in [3.8, 4) is 5.75 Å². The van der Waals surface area contributed by atoms with Crippen LogP contribution in [-0.2, 0) is 42.6 Å². The van der Waals surface area contributed by atoms with Gasteiger partial charge >= 0.3 is 0 Å². The van der Waals surface area contributed by atoms with Gasteiger partial charge in [-0.15, -0.1) is 0 Å². The Morgan fingerprint density at radius 3 is 2.13 bits per heavy atom. The molecule has 52 heavy (non-hydrogen) atoms. The van der Waals surface area contributed by atoms with Gasteiger partial charge in [0.1, 0.15) is 5.75 Å². The molecule has 4 aliphatic rings. The van der Waals surface area contributed by atoms with E-state index in [1.165, 1.54) is 0 Å². The second-order valence-corrected chi connectivity index (χ2v) is 17.1. The minimum absolute atomic E-state index is 0.00273. The van der Waals surface area contributed by atoms with Crippen molar-refractivity contribution in [3.63, 3.8) is 0 Å². The highest BCUT2D eigenvalue weighted by atomic mass is 16.7. The number of benzene rings is 1. The lowest BCUT2D eigenvalue weighted by Gasteiger charge is -2.52. The van der Waals surface area contributed by atoms with Crippen molar-refractivity contribution in [1.29, 1.82) is 0 Å². The second-order valence-electron chi connectivity index (χ2n) is 17.1. The summed E-state index contributed by atoms with van der Waals surface area (Å²) in [4.78, 5) is 0. The Balaban J connectivity index is 1.21. The number of methoxy groups -OCH3 is 3. The summed E-state index contributed by atoms with van der Waals surface area (Å²) in [6.07, 6.45) is 6.38. The second kappa shape index (κ2) is 18.1. The van der Waals surface area contributed by atoms with Crippen LogP contribution in [0.3, 0.4) is 0 Å². The van der Waals surface area contributed by atoms with Crippen LogP contribution in [0.5, 0.6) is 5.75 Å². The summed E-state index contributed by atoms with van der Waals surface area (Å²) < 4.78 is 62.8. The van der Waals surface area contributed by atoms with Crippen molar-refractivity contribution in [2.75, 3.05) is 27.9 Å². The van der Waals surface area contributed by atoms with Crippen LogP contribution in [0.2, 0.25) is 0 Å². The predicted octanol–water partition coefficient (Wildman–Crippen LogP) is 8.24. The molecule has 1 aromatic carbocycles. The zero-order valence-electron chi connectivity index (χ0n) is 34.1. The van der Waals surface area contributed by atoms with Crippen molar-refractivity contribution in [2.45, 2.75) is 180 Å². The average molecular weight is 735 g/mol. The van der Waals surface area contributed by atoms with E-state index in [0.717, 1.165) is 56.3 Å². The van der Waals surface area contributed by atoms with Gasteiger partial charge in [-0.05, 0) is 84.8 Å². The number of hydrogen-bond acceptors (Lipinski definition) is 10. The van der Waals surface area contributed by atoms with Gasteiger partial charge in [0.2, 0.25) is 0 Å². The van der Waals surface area contributed by atoms with Crippen molar-refractivity contribution >= 4 is 0 Å². The molecule has 0 bridgehead atoms. The van der Waals surface area contributed by atoms with Gasteiger partial charge in [-0.3, -0.25) is 0 Å². The molecule has 10 heteroatoms. The van der Waals surface area contributed by atoms with Gasteiger partial charge in [0.15, 0.2) is 17.9 Å². The van der Waals surface area contributed by atoms with E-state index in [1.54, 1.807) is 14.2 Å². The van der Waals surface area contributed by atoms with E-state index in [0.29, 0.717) is 12.5 Å². The maximum atomic E-state index is 6.77. The van der Waals surface area contributed by atoms with Gasteiger partial charge < -0.3 is 47.4 Å². The van der Waals surface area contributed by atoms with E-state index in [-0.39, 0.29) is 72.7 Å². The third-order valence-electron chi connectivity index (χ3n) is 12.1. The summed E-state index contributed by atoms with van der Waals surface area (Å²) in [7, 11) is 5.28. The standard InChI is InChI=1S/C42H70O10/c1-25(13-16-32-22-34(44-11)21-26(2)47-32)38-29(5)39(52-42(8,9)51-38)28(4)37-24-36(49-41(6,7)50-37)27(3)35(45-12)23-33-19-20-46-40(48-33)30-14-17-31(43-10)18-15-30/h14-15,17-18,25-29,32-40H,13,16,19-24H2,1-12H3/t25-,26-,27+,28-,29-,32-,33-,34+,35-,36-,37+,38-,39-,40-/m0/s1. The molecule has 0 amide bonds. The fraction of sp³-hybridized carbons (Fsp3) is 0.857. The van der Waals surface area contributed by atoms with E-state index in [4.69, 9.17) is 47.4 Å². The Kier molecular flexibility index (Phi) is 14.5. The van der Waals surface area contributed by atoms with E-state index in [1.807, 2.05) is 59.1 Å². The molecule has 0 radical (unpaired) electrons. The van der Waals surface area contributed by atoms with Gasteiger partial charge in [0.05, 0.1) is 68.7 Å². The van der Waals surface area contributed by atoms with E-state index < -0.39 is 17.9 Å². The van der Waals surface area contributed by atoms with Gasteiger partial charge in [-0.2, -0.15) is 0 Å². The van der Waals surface area contributed by atoms with Crippen molar-refractivity contribution in [1.82, 2.24) is 0 Å². The lowest BCUT2D eigenvalue weighted by atomic mass is 9.77. The van der Waals surface area contributed by atoms with E-state index >= 15 is 0 Å². The number of rotatable bonds is 14. The van der Waals surface area contributed by atoms with Crippen LogP contribution in [0.4, 0.5) is 0 Å². The molecule has 4 fully saturated rings. The van der Waals surface area contributed by atoms with Crippen LogP contribution in [-0.4, -0.2) is 94.4 Å². The SMILES string of the molecule is COc1ccc([C@H]2OCC[C@@H](C[C@H](OC)[C@@H](C)[C@@H]3C[C@H]([C@H](C)[C@@H]4OC(C)(C)O[C@@H]([C@@H](C)CC[C@H]5C[C@H](OC)C[C@H](C)O5)[C@@H]4C)OC(C)(C)O3)O2)cc1. The van der Waals surface area contributed by atoms with Crippen LogP contribution in [0.1, 0.15) is 119 Å². The first-order valence-electron chi connectivity index (χ1n) is 19.9. The largest absolute Gasteiger partial charge is 0.497 e. The summed E-state index contributed by atoms with van der Waals surface area (Å²) in [5.74, 6) is 0.0873. The normalized spacial score (nSPS) is 37.5. The Bertz CT molecular complexity index is 1220. The lowest BCUT2D eigenvalue weighted by molar-refractivity contribution is -0.357. The molecule has 0 N–H and O–H groups in total. The number of ether oxygens (including phenoxy) is 10. The monoisotopic (exact) mass is 734 g/mol. The molecule has 0 aromatic heterocycles. The first kappa shape index (κ1) is 41.8. The van der Waals surface area contributed by atoms with Gasteiger partial charge in [-0.1, -0.05) is 39.8 Å². The highest BCUT2D eigenvalue weighted by Gasteiger charge is 2.50. The maximum absolute atomic E-state index is 6.77. The van der Waals surface area contributed by atoms with E-state index in [2.05, 4.69) is 34.6 Å². The molecule has 14 atom stereocenters. The van der Waals surface area contributed by atoms with Gasteiger partial charge in [0.25, 0.3) is 0 Å². The minimum atomic E-state index is -0.753. The van der Waals surface area contributed by atoms with Crippen molar-refractivity contribution in [2.24, 2.45) is 23.7 Å². The summed E-state index contributed by atoms with van der Waals surface area (Å²) in [5.41, 5.74) is 0.983. The first-order chi connectivity index (χ1) is 24.6. The van der Waals surface area contributed by atoms with E-state index in [9.17, 15) is 0 Å². The third kappa shape index (κ3) is 10.7. The molecule has 4 heterocycles. The Hall–Kier alpha value is -1.34. The van der Waals surface area contributed by atoms with Gasteiger partial charge in [0, 0.05) is 50.4 Å². The van der Waals surface area contributed by atoms with Crippen LogP contribution in [0, 0.1) is 23.7 Å². The smallest absolute Gasteiger partial charge is 0.184 e. The molecular formula is C42H70O10. The van der Waals surface area contributed by atoms with Crippen LogP contribution >= 0.6 is 0 Å². The highest BCUT2D eigenvalue weighted by molar-refractivity contribution is 5.28. The zero-order chi connectivity index (χ0) is 37.8. The zero-order valence-corrected chi connectivity index (χ0v) is 34.1. The lowest BCUT2D eigenvalue weighted by Crippen LogP contribution is -2.58. The summed E-state index contributed by atoms with van der Waals surface area (Å²) in [5, 5.41) is 0. The topological polar surface area (TPSA) is 92.3 Å². The summed E-state index contributed by atoms with van der Waals surface area (Å²) >= 11 is 0. The van der Waals surface area contributed by atoms with Crippen LogP contribution < -0.4 is 4.74 Å². The van der Waals surface area contributed by atoms with Crippen LogP contribution in [0.25, 0.3) is 0 Å². The summed E-state index contributed by atoms with van der Waals surface area (Å²) in [6.45, 7) is 20.1. The predicted molar refractivity (Wildman–Crippen MR) is 199 cm³/mol. The molecule has 0 saturated carbocycles. The maximum Gasteiger partial charge on any atom is 0.184 e. The average Bonchev–Trinajstić information content (AvgIpc) is 3.12. The third-order valence-corrected chi connectivity index (χ3v) is 12.1. The van der Waals surface area contributed by atoms with Crippen molar-refractivity contribution in [3.05, 3.63) is 29.8 Å². The molecule has 5 rings (SSSR count). The van der Waals surface area contributed by atoms with Crippen molar-refractivity contribution < 1.29 is 47.4 Å². The van der Waals surface area contributed by atoms with Gasteiger partial charge in [-0.25, -0.2) is 0 Å². The fourth-order valence-corrected chi connectivity index (χ4v) is 9.16. The molecule has 10 nitrogen and oxygen atoms in total. The van der Waals surface area contributed by atoms with Crippen LogP contribution in [0.15, 0.2) is 24.3 Å². The summed E-state index contributed by atoms with van der Waals surface area (Å²) in [6, 6.07) is 7.87. The Morgan fingerprint density at radius 2 is 1.46 bits per heavy atom. The molecule has 0 aliphatic carbocycles. The minimum Gasteiger partial charge on any atom is -0.497 e.